The van der Waals surface area contributed by atoms with Crippen LogP contribution in [0.15, 0.2) is 30.3 Å². The van der Waals surface area contributed by atoms with Gasteiger partial charge < -0.3 is 5.32 Å². The van der Waals surface area contributed by atoms with Crippen LogP contribution in [0.5, 0.6) is 0 Å². The van der Waals surface area contributed by atoms with Gasteiger partial charge in [0.15, 0.2) is 5.69 Å². The molecule has 0 fully saturated rings. The van der Waals surface area contributed by atoms with E-state index in [0.717, 1.165) is 11.4 Å². The van der Waals surface area contributed by atoms with E-state index in [4.69, 9.17) is 16.7 Å². The van der Waals surface area contributed by atoms with E-state index < -0.39 is 0 Å². The van der Waals surface area contributed by atoms with Crippen LogP contribution in [0, 0.1) is 6.92 Å². The molecule has 0 aliphatic rings. The number of anilines is 1. The number of rotatable bonds is 3. The molecule has 0 radical (unpaired) electrons. The molecule has 0 saturated carbocycles. The molecule has 0 saturated heterocycles. The van der Waals surface area contributed by atoms with Crippen LogP contribution in [0.2, 0.25) is 5.02 Å². The smallest absolute Gasteiger partial charge is 0.279 e. The first kappa shape index (κ1) is 21.0. The summed E-state index contributed by atoms with van der Waals surface area (Å²) in [6, 6.07) is 9.16. The number of hydrogen-bond acceptors (Lipinski definition) is 4. The molecule has 1 N–H and O–H groups in total. The van der Waals surface area contributed by atoms with E-state index in [1.165, 1.54) is 0 Å². The van der Waals surface area contributed by atoms with Gasteiger partial charge in [-0.3, -0.25) is 4.79 Å². The Labute approximate surface area is 176 Å². The van der Waals surface area contributed by atoms with E-state index in [1.54, 1.807) is 23.7 Å². The molecular formula is C21H27ClN6O. The molecule has 0 aliphatic heterocycles. The Hall–Kier alpha value is -2.67. The average Bonchev–Trinajstić information content (AvgIpc) is 3.18. The Morgan fingerprint density at radius 1 is 1.10 bits per heavy atom. The molecule has 0 bridgehead atoms. The lowest BCUT2D eigenvalue weighted by Crippen LogP contribution is -2.27. The molecule has 2 heterocycles. The predicted molar refractivity (Wildman–Crippen MR) is 115 cm³/mol. The number of hydrogen-bond donors (Lipinski definition) is 1. The molecule has 29 heavy (non-hydrogen) atoms. The number of nitrogens with one attached hydrogen (secondary N) is 1. The van der Waals surface area contributed by atoms with Crippen LogP contribution in [0.25, 0.3) is 5.69 Å². The van der Waals surface area contributed by atoms with Crippen molar-refractivity contribution in [1.82, 2.24) is 24.8 Å². The van der Waals surface area contributed by atoms with Crippen LogP contribution in [0.1, 0.15) is 63.4 Å². The van der Waals surface area contributed by atoms with Crippen LogP contribution in [-0.4, -0.2) is 30.7 Å². The normalized spacial score (nSPS) is 12.3. The number of carbonyl (C=O) groups excluding carboxylic acids is 1. The maximum absolute atomic E-state index is 13.0. The highest BCUT2D eigenvalue weighted by Gasteiger charge is 2.27. The molecule has 3 aromatic rings. The molecule has 3 rings (SSSR count). The summed E-state index contributed by atoms with van der Waals surface area (Å²) in [5.41, 5.74) is 2.10. The predicted octanol–water partition coefficient (Wildman–Crippen LogP) is 4.73. The second kappa shape index (κ2) is 7.30. The van der Waals surface area contributed by atoms with E-state index in [0.29, 0.717) is 16.5 Å². The van der Waals surface area contributed by atoms with Crippen LogP contribution in [0.3, 0.4) is 0 Å². The van der Waals surface area contributed by atoms with Crippen molar-refractivity contribution in [2.75, 3.05) is 5.32 Å². The van der Waals surface area contributed by atoms with Gasteiger partial charge in [0, 0.05) is 16.5 Å². The average molecular weight is 415 g/mol. The van der Waals surface area contributed by atoms with Gasteiger partial charge in [-0.1, -0.05) is 43.7 Å². The first-order valence-corrected chi connectivity index (χ1v) is 9.86. The van der Waals surface area contributed by atoms with E-state index in [2.05, 4.69) is 36.4 Å². The van der Waals surface area contributed by atoms with Crippen LogP contribution in [0.4, 0.5) is 5.82 Å². The van der Waals surface area contributed by atoms with Gasteiger partial charge in [-0.25, -0.2) is 9.36 Å². The number of halogens is 1. The van der Waals surface area contributed by atoms with E-state index in [9.17, 15) is 4.79 Å². The van der Waals surface area contributed by atoms with Crippen LogP contribution >= 0.6 is 11.6 Å². The third-order valence-electron chi connectivity index (χ3n) is 4.52. The number of benzene rings is 1. The van der Waals surface area contributed by atoms with Gasteiger partial charge in [-0.2, -0.15) is 5.10 Å². The summed E-state index contributed by atoms with van der Waals surface area (Å²) in [6.45, 7) is 14.2. The Bertz CT molecular complexity index is 1050. The van der Waals surface area contributed by atoms with Gasteiger partial charge in [-0.05, 0) is 45.9 Å². The summed E-state index contributed by atoms with van der Waals surface area (Å²) >= 11 is 6.07. The lowest BCUT2D eigenvalue weighted by atomic mass is 9.92. The molecule has 0 aliphatic carbocycles. The maximum Gasteiger partial charge on any atom is 0.279 e. The topological polar surface area (TPSA) is 77.6 Å². The fourth-order valence-corrected chi connectivity index (χ4v) is 3.10. The lowest BCUT2D eigenvalue weighted by Gasteiger charge is -2.22. The first-order valence-electron chi connectivity index (χ1n) is 9.48. The number of carbonyl (C=O) groups is 1. The maximum atomic E-state index is 13.0. The van der Waals surface area contributed by atoms with Gasteiger partial charge >= 0.3 is 0 Å². The fourth-order valence-electron chi connectivity index (χ4n) is 2.92. The molecular weight excluding hydrogens is 388 g/mol. The molecule has 1 aromatic carbocycles. The second-order valence-corrected chi connectivity index (χ2v) is 9.55. The Balaban J connectivity index is 1.95. The zero-order chi connectivity index (χ0) is 21.6. The molecule has 2 aromatic heterocycles. The SMILES string of the molecule is Cc1c(C(=O)Nc2cc(C(C)(C)C)nn2C(C)(C)C)nnn1-c1cccc(Cl)c1. The fraction of sp³-hybridized carbons (Fsp3) is 0.429. The van der Waals surface area contributed by atoms with E-state index in [-0.39, 0.29) is 22.6 Å². The van der Waals surface area contributed by atoms with Crippen molar-refractivity contribution >= 4 is 23.3 Å². The van der Waals surface area contributed by atoms with E-state index >= 15 is 0 Å². The molecule has 0 atom stereocenters. The number of amides is 1. The Morgan fingerprint density at radius 2 is 1.79 bits per heavy atom. The minimum atomic E-state index is -0.332. The molecule has 7 nitrogen and oxygen atoms in total. The summed E-state index contributed by atoms with van der Waals surface area (Å²) < 4.78 is 3.44. The summed E-state index contributed by atoms with van der Waals surface area (Å²) in [5.74, 6) is 0.297. The monoisotopic (exact) mass is 414 g/mol. The summed E-state index contributed by atoms with van der Waals surface area (Å²) in [5, 5.41) is 16.5. The third kappa shape index (κ3) is 4.34. The van der Waals surface area contributed by atoms with Crippen molar-refractivity contribution in [2.45, 2.75) is 59.4 Å². The van der Waals surface area contributed by atoms with Gasteiger partial charge in [0.25, 0.3) is 5.91 Å². The third-order valence-corrected chi connectivity index (χ3v) is 4.75. The van der Waals surface area contributed by atoms with Crippen molar-refractivity contribution in [3.63, 3.8) is 0 Å². The largest absolute Gasteiger partial charge is 0.305 e. The van der Waals surface area contributed by atoms with Crippen LogP contribution in [-0.2, 0) is 11.0 Å². The van der Waals surface area contributed by atoms with Gasteiger partial charge in [0.1, 0.15) is 5.82 Å². The Kier molecular flexibility index (Phi) is 5.30. The Morgan fingerprint density at radius 3 is 2.38 bits per heavy atom. The molecule has 0 unspecified atom stereocenters. The standard InChI is InChI=1S/C21H27ClN6O/c1-13-18(24-26-27(13)15-10-8-9-14(22)11-15)19(29)23-17-12-16(20(2,3)4)25-28(17)21(5,6)7/h8-12H,1-7H3,(H,23,29). The quantitative estimate of drug-likeness (QED) is 0.671. The molecule has 8 heteroatoms. The van der Waals surface area contributed by atoms with Crippen molar-refractivity contribution < 1.29 is 4.79 Å². The van der Waals surface area contributed by atoms with Gasteiger partial charge in [0.2, 0.25) is 0 Å². The van der Waals surface area contributed by atoms with Crippen LogP contribution < -0.4 is 5.32 Å². The number of aromatic nitrogens is 5. The lowest BCUT2D eigenvalue weighted by molar-refractivity contribution is 0.102. The van der Waals surface area contributed by atoms with Gasteiger partial charge in [-0.15, -0.1) is 5.10 Å². The van der Waals surface area contributed by atoms with Crippen molar-refractivity contribution in [2.24, 2.45) is 0 Å². The summed E-state index contributed by atoms with van der Waals surface area (Å²) in [7, 11) is 0. The minimum absolute atomic E-state index is 0.137. The van der Waals surface area contributed by atoms with Crippen molar-refractivity contribution in [3.8, 4) is 5.69 Å². The first-order chi connectivity index (χ1) is 13.4. The second-order valence-electron chi connectivity index (χ2n) is 9.12. The zero-order valence-corrected chi connectivity index (χ0v) is 18.7. The highest BCUT2D eigenvalue weighted by Crippen LogP contribution is 2.28. The molecule has 1 amide bonds. The highest BCUT2D eigenvalue weighted by atomic mass is 35.5. The molecule has 154 valence electrons. The zero-order valence-electron chi connectivity index (χ0n) is 17.9. The highest BCUT2D eigenvalue weighted by molar-refractivity contribution is 6.30. The minimum Gasteiger partial charge on any atom is -0.305 e. The molecule has 0 spiro atoms. The van der Waals surface area contributed by atoms with Gasteiger partial charge in [0.05, 0.1) is 22.6 Å². The summed E-state index contributed by atoms with van der Waals surface area (Å²) in [4.78, 5) is 13.0. The number of nitrogens with zero attached hydrogens (tertiary/aromatic N) is 5. The van der Waals surface area contributed by atoms with Crippen molar-refractivity contribution in [3.05, 3.63) is 52.4 Å². The van der Waals surface area contributed by atoms with E-state index in [1.807, 2.05) is 43.7 Å². The van der Waals surface area contributed by atoms with Crippen molar-refractivity contribution in [1.29, 1.82) is 0 Å². The summed E-state index contributed by atoms with van der Waals surface area (Å²) in [6.07, 6.45) is 0.